The van der Waals surface area contributed by atoms with Crippen molar-refractivity contribution in [2.75, 3.05) is 0 Å². The summed E-state index contributed by atoms with van der Waals surface area (Å²) in [5.74, 6) is -0.360. The van der Waals surface area contributed by atoms with Crippen LogP contribution in [-0.2, 0) is 6.42 Å². The van der Waals surface area contributed by atoms with Gasteiger partial charge in [0.2, 0.25) is 5.91 Å². The number of carbonyl (C=O) groups excluding carboxylic acids is 1. The second-order valence-electron chi connectivity index (χ2n) is 5.17. The highest BCUT2D eigenvalue weighted by Crippen LogP contribution is 2.35. The molecule has 0 spiro atoms. The Hall–Kier alpha value is -2.61. The van der Waals surface area contributed by atoms with Gasteiger partial charge in [0.05, 0.1) is 0 Å². The number of hydrogen-bond donors (Lipinski definition) is 1. The molecule has 0 saturated carbocycles. The maximum Gasteiger partial charge on any atom is 0.249 e. The van der Waals surface area contributed by atoms with Crippen LogP contribution in [0.3, 0.4) is 0 Å². The Kier molecular flexibility index (Phi) is 2.21. The first kappa shape index (κ1) is 11.2. The van der Waals surface area contributed by atoms with Gasteiger partial charge in [0, 0.05) is 5.56 Å². The fourth-order valence-electron chi connectivity index (χ4n) is 3.17. The molecule has 1 aliphatic rings. The van der Waals surface area contributed by atoms with Crippen molar-refractivity contribution in [1.82, 2.24) is 0 Å². The molecule has 96 valence electrons. The molecule has 2 heteroatoms. The summed E-state index contributed by atoms with van der Waals surface area (Å²) < 4.78 is 0. The molecule has 2 N–H and O–H groups in total. The number of nitrogens with two attached hydrogens (primary N) is 1. The van der Waals surface area contributed by atoms with Gasteiger partial charge in [-0.3, -0.25) is 4.79 Å². The minimum absolute atomic E-state index is 0.360. The van der Waals surface area contributed by atoms with Gasteiger partial charge in [0.15, 0.2) is 0 Å². The van der Waals surface area contributed by atoms with Gasteiger partial charge in [-0.15, -0.1) is 0 Å². The van der Waals surface area contributed by atoms with Crippen LogP contribution >= 0.6 is 0 Å². The van der Waals surface area contributed by atoms with E-state index in [0.29, 0.717) is 5.56 Å². The minimum atomic E-state index is -0.360. The van der Waals surface area contributed by atoms with Crippen molar-refractivity contribution in [3.8, 4) is 0 Å². The second-order valence-corrected chi connectivity index (χ2v) is 5.17. The molecular weight excluding hydrogens is 246 g/mol. The lowest BCUT2D eigenvalue weighted by molar-refractivity contribution is 0.100. The zero-order valence-corrected chi connectivity index (χ0v) is 10.9. The number of fused-ring (bicyclic) bond motifs is 5. The Balaban J connectivity index is 2.28. The van der Waals surface area contributed by atoms with Gasteiger partial charge in [-0.1, -0.05) is 48.6 Å². The molecule has 3 aromatic rings. The molecule has 0 aromatic heterocycles. The number of carbonyl (C=O) groups is 1. The third-order valence-electron chi connectivity index (χ3n) is 4.05. The molecule has 0 heterocycles. The number of benzene rings is 3. The number of hydrogen-bond acceptors (Lipinski definition) is 1. The monoisotopic (exact) mass is 259 g/mol. The molecule has 3 aromatic carbocycles. The average molecular weight is 259 g/mol. The summed E-state index contributed by atoms with van der Waals surface area (Å²) >= 11 is 0. The first-order valence-electron chi connectivity index (χ1n) is 6.69. The van der Waals surface area contributed by atoms with Crippen LogP contribution in [-0.4, -0.2) is 5.91 Å². The zero-order valence-electron chi connectivity index (χ0n) is 10.9. The summed E-state index contributed by atoms with van der Waals surface area (Å²) in [6.45, 7) is 0. The van der Waals surface area contributed by atoms with E-state index in [1.165, 1.54) is 16.5 Å². The predicted molar refractivity (Wildman–Crippen MR) is 82.7 cm³/mol. The molecule has 20 heavy (non-hydrogen) atoms. The third kappa shape index (κ3) is 1.42. The third-order valence-corrected chi connectivity index (χ3v) is 4.05. The summed E-state index contributed by atoms with van der Waals surface area (Å²) in [7, 11) is 0. The maximum absolute atomic E-state index is 11.9. The first-order valence-corrected chi connectivity index (χ1v) is 6.69. The summed E-state index contributed by atoms with van der Waals surface area (Å²) in [5.41, 5.74) is 8.63. The predicted octanol–water partition coefficient (Wildman–Crippen LogP) is 3.66. The second kappa shape index (κ2) is 3.94. The standard InChI is InChI=1S/C18H13NO/c19-18(20)16-10-12-4-1-2-6-13(12)15-9-8-11-5-3-7-14(11)17(15)16/h1-6,8-10H,7H2,(H2,19,20). The molecule has 0 atom stereocenters. The van der Waals surface area contributed by atoms with Crippen molar-refractivity contribution < 1.29 is 4.79 Å². The van der Waals surface area contributed by atoms with E-state index in [1.807, 2.05) is 24.3 Å². The van der Waals surface area contributed by atoms with Gasteiger partial charge in [0.1, 0.15) is 0 Å². The lowest BCUT2D eigenvalue weighted by Gasteiger charge is -2.12. The highest BCUT2D eigenvalue weighted by Gasteiger charge is 2.17. The normalized spacial score (nSPS) is 13.0. The first-order chi connectivity index (χ1) is 9.75. The van der Waals surface area contributed by atoms with E-state index in [4.69, 9.17) is 5.73 Å². The highest BCUT2D eigenvalue weighted by molar-refractivity contribution is 6.18. The van der Waals surface area contributed by atoms with Crippen molar-refractivity contribution in [2.45, 2.75) is 6.42 Å². The van der Waals surface area contributed by atoms with E-state index in [9.17, 15) is 4.79 Å². The van der Waals surface area contributed by atoms with E-state index in [1.54, 1.807) is 0 Å². The highest BCUT2D eigenvalue weighted by atomic mass is 16.1. The average Bonchev–Trinajstić information content (AvgIpc) is 2.94. The van der Waals surface area contributed by atoms with E-state index in [-0.39, 0.29) is 5.91 Å². The Morgan fingerprint density at radius 2 is 1.90 bits per heavy atom. The van der Waals surface area contributed by atoms with Crippen molar-refractivity contribution in [1.29, 1.82) is 0 Å². The number of rotatable bonds is 1. The minimum Gasteiger partial charge on any atom is -0.366 e. The molecule has 0 aliphatic heterocycles. The molecule has 1 aliphatic carbocycles. The van der Waals surface area contributed by atoms with Crippen molar-refractivity contribution in [3.63, 3.8) is 0 Å². The van der Waals surface area contributed by atoms with E-state index in [0.717, 1.165) is 22.6 Å². The molecular formula is C18H13NO. The molecule has 2 nitrogen and oxygen atoms in total. The summed E-state index contributed by atoms with van der Waals surface area (Å²) in [6, 6.07) is 14.3. The van der Waals surface area contributed by atoms with Gasteiger partial charge in [-0.2, -0.15) is 0 Å². The van der Waals surface area contributed by atoms with Gasteiger partial charge in [-0.25, -0.2) is 0 Å². The van der Waals surface area contributed by atoms with Crippen LogP contribution in [0.1, 0.15) is 21.5 Å². The maximum atomic E-state index is 11.9. The van der Waals surface area contributed by atoms with Crippen LogP contribution in [0, 0.1) is 0 Å². The lowest BCUT2D eigenvalue weighted by Crippen LogP contribution is -2.12. The van der Waals surface area contributed by atoms with Gasteiger partial charge in [0.25, 0.3) is 0 Å². The largest absolute Gasteiger partial charge is 0.366 e. The fourth-order valence-corrected chi connectivity index (χ4v) is 3.17. The molecule has 1 amide bonds. The Morgan fingerprint density at radius 1 is 1.05 bits per heavy atom. The SMILES string of the molecule is NC(=O)c1cc2ccccc2c2ccc3c(c12)CC=C3. The van der Waals surface area contributed by atoms with Gasteiger partial charge in [-0.05, 0) is 45.2 Å². The Labute approximate surface area is 116 Å². The van der Waals surface area contributed by atoms with Gasteiger partial charge < -0.3 is 5.73 Å². The van der Waals surface area contributed by atoms with Crippen LogP contribution in [0.2, 0.25) is 0 Å². The number of amides is 1. The van der Waals surface area contributed by atoms with Crippen molar-refractivity contribution in [2.24, 2.45) is 5.73 Å². The van der Waals surface area contributed by atoms with Crippen LogP contribution in [0.15, 0.2) is 48.5 Å². The molecule has 0 radical (unpaired) electrons. The topological polar surface area (TPSA) is 43.1 Å². The van der Waals surface area contributed by atoms with Gasteiger partial charge >= 0.3 is 0 Å². The van der Waals surface area contributed by atoms with E-state index >= 15 is 0 Å². The quantitative estimate of drug-likeness (QED) is 0.666. The van der Waals surface area contributed by atoms with E-state index in [2.05, 4.69) is 30.4 Å². The molecule has 4 rings (SSSR count). The fraction of sp³-hybridized carbons (Fsp3) is 0.0556. The van der Waals surface area contributed by atoms with Crippen LogP contribution in [0.5, 0.6) is 0 Å². The lowest BCUT2D eigenvalue weighted by atomic mass is 9.91. The number of allylic oxidation sites excluding steroid dienone is 1. The van der Waals surface area contributed by atoms with Crippen molar-refractivity contribution in [3.05, 3.63) is 65.2 Å². The number of primary amides is 1. The van der Waals surface area contributed by atoms with Crippen molar-refractivity contribution >= 4 is 33.5 Å². The molecule has 0 fully saturated rings. The van der Waals surface area contributed by atoms with Crippen LogP contribution < -0.4 is 5.73 Å². The Morgan fingerprint density at radius 3 is 2.75 bits per heavy atom. The smallest absolute Gasteiger partial charge is 0.249 e. The van der Waals surface area contributed by atoms with Crippen LogP contribution in [0.25, 0.3) is 27.6 Å². The summed E-state index contributed by atoms with van der Waals surface area (Å²) in [6.07, 6.45) is 5.10. The molecule has 0 unspecified atom stereocenters. The zero-order chi connectivity index (χ0) is 13.7. The molecule has 0 saturated heterocycles. The Bertz CT molecular complexity index is 906. The van der Waals surface area contributed by atoms with E-state index < -0.39 is 0 Å². The molecule has 0 bridgehead atoms. The van der Waals surface area contributed by atoms with Crippen LogP contribution in [0.4, 0.5) is 0 Å². The summed E-state index contributed by atoms with van der Waals surface area (Å²) in [4.78, 5) is 11.9. The summed E-state index contributed by atoms with van der Waals surface area (Å²) in [5, 5.41) is 4.35.